The number of benzene rings is 3. The summed E-state index contributed by atoms with van der Waals surface area (Å²) in [5.74, 6) is 0.0809. The molecule has 0 radical (unpaired) electrons. The zero-order valence-electron chi connectivity index (χ0n) is 12.7. The third kappa shape index (κ3) is 2.53. The number of anilines is 1. The molecule has 3 rings (SSSR count). The first-order valence-electron chi connectivity index (χ1n) is 7.06. The van der Waals surface area contributed by atoms with Crippen molar-refractivity contribution in [3.63, 3.8) is 0 Å². The second kappa shape index (κ2) is 5.53. The molecular formula is C19H17NO2. The number of hydrogen-bond donors (Lipinski definition) is 0. The molecule has 0 atom stereocenters. The van der Waals surface area contributed by atoms with Crippen LogP contribution in [0.1, 0.15) is 0 Å². The molecule has 0 N–H and O–H groups in total. The topological polar surface area (TPSA) is 29.5 Å². The summed E-state index contributed by atoms with van der Waals surface area (Å²) in [6.45, 7) is 3.40. The molecule has 0 heterocycles. The van der Waals surface area contributed by atoms with Gasteiger partial charge < -0.3 is 9.64 Å². The van der Waals surface area contributed by atoms with E-state index < -0.39 is 5.97 Å². The van der Waals surface area contributed by atoms with E-state index in [2.05, 4.69) is 35.7 Å². The predicted octanol–water partition coefficient (Wildman–Crippen LogP) is 4.15. The van der Waals surface area contributed by atoms with Crippen molar-refractivity contribution in [2.45, 2.75) is 0 Å². The van der Waals surface area contributed by atoms with Crippen molar-refractivity contribution in [3.05, 3.63) is 61.2 Å². The Hall–Kier alpha value is -2.81. The van der Waals surface area contributed by atoms with Crippen LogP contribution in [0.25, 0.3) is 21.5 Å². The van der Waals surface area contributed by atoms with Gasteiger partial charge in [-0.15, -0.1) is 0 Å². The van der Waals surface area contributed by atoms with Crippen molar-refractivity contribution in [2.24, 2.45) is 0 Å². The van der Waals surface area contributed by atoms with Crippen LogP contribution in [0.15, 0.2) is 61.2 Å². The zero-order valence-corrected chi connectivity index (χ0v) is 12.7. The number of carbonyl (C=O) groups excluding carboxylic acids is 1. The Bertz CT molecular complexity index is 881. The molecule has 0 fully saturated rings. The maximum absolute atomic E-state index is 11.3. The fourth-order valence-corrected chi connectivity index (χ4v) is 2.54. The molecular weight excluding hydrogens is 274 g/mol. The van der Waals surface area contributed by atoms with Crippen LogP contribution in [-0.4, -0.2) is 20.1 Å². The van der Waals surface area contributed by atoms with E-state index in [1.807, 2.05) is 38.4 Å². The second-order valence-corrected chi connectivity index (χ2v) is 5.37. The third-order valence-electron chi connectivity index (χ3n) is 3.69. The van der Waals surface area contributed by atoms with Gasteiger partial charge in [-0.3, -0.25) is 0 Å². The van der Waals surface area contributed by atoms with Crippen LogP contribution >= 0.6 is 0 Å². The Morgan fingerprint density at radius 3 is 2.27 bits per heavy atom. The second-order valence-electron chi connectivity index (χ2n) is 5.37. The number of hydrogen-bond acceptors (Lipinski definition) is 3. The molecule has 3 aromatic rings. The molecule has 0 bridgehead atoms. The molecule has 3 nitrogen and oxygen atoms in total. The highest BCUT2D eigenvalue weighted by molar-refractivity contribution is 6.08. The Labute approximate surface area is 129 Å². The smallest absolute Gasteiger partial charge is 0.335 e. The molecule has 110 valence electrons. The number of fused-ring (bicyclic) bond motifs is 3. The van der Waals surface area contributed by atoms with E-state index in [4.69, 9.17) is 4.74 Å². The van der Waals surface area contributed by atoms with Crippen molar-refractivity contribution >= 4 is 33.2 Å². The van der Waals surface area contributed by atoms with Crippen molar-refractivity contribution in [1.82, 2.24) is 0 Å². The van der Waals surface area contributed by atoms with Crippen molar-refractivity contribution in [1.29, 1.82) is 0 Å². The van der Waals surface area contributed by atoms with Gasteiger partial charge in [-0.05, 0) is 45.8 Å². The molecule has 0 unspecified atom stereocenters. The number of rotatable bonds is 3. The van der Waals surface area contributed by atoms with Crippen LogP contribution in [0.4, 0.5) is 5.69 Å². The maximum atomic E-state index is 11.3. The Balaban J connectivity index is 2.12. The minimum Gasteiger partial charge on any atom is -0.423 e. The summed E-state index contributed by atoms with van der Waals surface area (Å²) in [6, 6.07) is 16.2. The molecule has 3 aromatic carbocycles. The third-order valence-corrected chi connectivity index (χ3v) is 3.69. The first-order chi connectivity index (χ1) is 10.6. The average Bonchev–Trinajstić information content (AvgIpc) is 2.53. The zero-order chi connectivity index (χ0) is 15.7. The Morgan fingerprint density at radius 2 is 1.64 bits per heavy atom. The molecule has 22 heavy (non-hydrogen) atoms. The van der Waals surface area contributed by atoms with Crippen LogP contribution < -0.4 is 9.64 Å². The van der Waals surface area contributed by atoms with Gasteiger partial charge in [0, 0.05) is 25.9 Å². The van der Waals surface area contributed by atoms with Crippen LogP contribution in [0.5, 0.6) is 5.75 Å². The summed E-state index contributed by atoms with van der Waals surface area (Å²) >= 11 is 0. The molecule has 0 aliphatic carbocycles. The molecule has 0 aromatic heterocycles. The highest BCUT2D eigenvalue weighted by atomic mass is 16.5. The largest absolute Gasteiger partial charge is 0.423 e. The van der Waals surface area contributed by atoms with Crippen LogP contribution in [0.3, 0.4) is 0 Å². The molecule has 0 spiro atoms. The van der Waals surface area contributed by atoms with Crippen molar-refractivity contribution in [3.8, 4) is 5.75 Å². The van der Waals surface area contributed by atoms with E-state index in [9.17, 15) is 4.79 Å². The molecule has 3 heteroatoms. The van der Waals surface area contributed by atoms with E-state index in [-0.39, 0.29) is 0 Å². The lowest BCUT2D eigenvalue weighted by atomic mass is 10.0. The van der Waals surface area contributed by atoms with Crippen LogP contribution in [0, 0.1) is 0 Å². The molecule has 0 saturated heterocycles. The van der Waals surface area contributed by atoms with E-state index in [1.54, 1.807) is 0 Å². The van der Waals surface area contributed by atoms with Gasteiger partial charge in [-0.25, -0.2) is 4.79 Å². The highest BCUT2D eigenvalue weighted by Crippen LogP contribution is 2.30. The van der Waals surface area contributed by atoms with Gasteiger partial charge in [0.1, 0.15) is 5.75 Å². The number of ether oxygens (including phenoxy) is 1. The van der Waals surface area contributed by atoms with Gasteiger partial charge in [0.05, 0.1) is 0 Å². The Kier molecular flexibility index (Phi) is 3.55. The summed E-state index contributed by atoms with van der Waals surface area (Å²) in [7, 11) is 4.06. The highest BCUT2D eigenvalue weighted by Gasteiger charge is 2.06. The molecule has 0 amide bonds. The first kappa shape index (κ1) is 14.1. The average molecular weight is 291 g/mol. The van der Waals surface area contributed by atoms with Gasteiger partial charge in [-0.1, -0.05) is 30.8 Å². The van der Waals surface area contributed by atoms with E-state index in [0.29, 0.717) is 5.75 Å². The van der Waals surface area contributed by atoms with Gasteiger partial charge in [0.2, 0.25) is 0 Å². The first-order valence-corrected chi connectivity index (χ1v) is 7.06. The SMILES string of the molecule is C=CC(=O)Oc1ccc2c(ccc3cc(N(C)C)ccc32)c1. The monoisotopic (exact) mass is 291 g/mol. The fraction of sp³-hybridized carbons (Fsp3) is 0.105. The summed E-state index contributed by atoms with van der Waals surface area (Å²) < 4.78 is 5.17. The van der Waals surface area contributed by atoms with Crippen molar-refractivity contribution in [2.75, 3.05) is 19.0 Å². The summed E-state index contributed by atoms with van der Waals surface area (Å²) in [6.07, 6.45) is 1.16. The van der Waals surface area contributed by atoms with E-state index >= 15 is 0 Å². The van der Waals surface area contributed by atoms with E-state index in [1.165, 1.54) is 16.5 Å². The standard InChI is InChI=1S/C19H17NO2/c1-4-19(21)22-16-8-10-18-14(12-16)6-5-13-11-15(20(2)3)7-9-17(13)18/h4-12H,1H2,2-3H3. The lowest BCUT2D eigenvalue weighted by Crippen LogP contribution is -2.08. The number of esters is 1. The minimum atomic E-state index is -0.448. The van der Waals surface area contributed by atoms with Crippen molar-refractivity contribution < 1.29 is 9.53 Å². The quantitative estimate of drug-likeness (QED) is 0.314. The minimum absolute atomic E-state index is 0.448. The van der Waals surface area contributed by atoms with Crippen LogP contribution in [-0.2, 0) is 4.79 Å². The van der Waals surface area contributed by atoms with Gasteiger partial charge in [0.25, 0.3) is 0 Å². The molecule has 0 aliphatic heterocycles. The van der Waals surface area contributed by atoms with Gasteiger partial charge >= 0.3 is 5.97 Å². The normalized spacial score (nSPS) is 10.6. The summed E-state index contributed by atoms with van der Waals surface area (Å²) in [5.41, 5.74) is 1.17. The molecule has 0 aliphatic rings. The summed E-state index contributed by atoms with van der Waals surface area (Å²) in [4.78, 5) is 13.4. The maximum Gasteiger partial charge on any atom is 0.335 e. The molecule has 0 saturated carbocycles. The Morgan fingerprint density at radius 1 is 1.00 bits per heavy atom. The lowest BCUT2D eigenvalue weighted by molar-refractivity contribution is -0.128. The predicted molar refractivity (Wildman–Crippen MR) is 91.6 cm³/mol. The number of carbonyl (C=O) groups is 1. The summed E-state index contributed by atoms with van der Waals surface area (Å²) in [5, 5.41) is 4.56. The fourth-order valence-electron chi connectivity index (χ4n) is 2.54. The van der Waals surface area contributed by atoms with E-state index in [0.717, 1.165) is 16.8 Å². The van der Waals surface area contributed by atoms with Gasteiger partial charge in [0.15, 0.2) is 0 Å². The number of nitrogens with zero attached hydrogens (tertiary/aromatic N) is 1. The van der Waals surface area contributed by atoms with Crippen LogP contribution in [0.2, 0.25) is 0 Å². The van der Waals surface area contributed by atoms with Gasteiger partial charge in [-0.2, -0.15) is 0 Å². The lowest BCUT2D eigenvalue weighted by Gasteiger charge is -2.14.